The Morgan fingerprint density at radius 3 is 2.38 bits per heavy atom. The SMILES string of the molecule is Cc1cc(B2OC(C)(C)C(C)(C)O2)ccc1N1Cc2cnn(C)c2C1=O. The van der Waals surface area contributed by atoms with Crippen LogP contribution in [0, 0.1) is 6.92 Å². The Balaban J connectivity index is 1.61. The van der Waals surface area contributed by atoms with E-state index in [2.05, 4.69) is 5.10 Å². The fraction of sp³-hybridized carbons (Fsp3) is 0.474. The third-order valence-corrected chi connectivity index (χ3v) is 5.83. The van der Waals surface area contributed by atoms with Crippen LogP contribution in [0.4, 0.5) is 5.69 Å². The van der Waals surface area contributed by atoms with E-state index >= 15 is 0 Å². The summed E-state index contributed by atoms with van der Waals surface area (Å²) in [4.78, 5) is 14.6. The Morgan fingerprint density at radius 2 is 1.81 bits per heavy atom. The zero-order chi connectivity index (χ0) is 18.9. The number of benzene rings is 1. The number of carbonyl (C=O) groups is 1. The molecule has 0 aliphatic carbocycles. The second kappa shape index (κ2) is 5.44. The van der Waals surface area contributed by atoms with Crippen molar-refractivity contribution in [3.8, 4) is 0 Å². The van der Waals surface area contributed by atoms with Crippen molar-refractivity contribution < 1.29 is 14.1 Å². The van der Waals surface area contributed by atoms with Crippen LogP contribution >= 0.6 is 0 Å². The van der Waals surface area contributed by atoms with Crippen LogP contribution in [0.1, 0.15) is 49.3 Å². The molecule has 2 aliphatic heterocycles. The van der Waals surface area contributed by atoms with Gasteiger partial charge in [0.25, 0.3) is 5.91 Å². The number of hydrogen-bond donors (Lipinski definition) is 0. The molecule has 1 aromatic carbocycles. The van der Waals surface area contributed by atoms with Gasteiger partial charge in [-0.1, -0.05) is 12.1 Å². The summed E-state index contributed by atoms with van der Waals surface area (Å²) in [5, 5.41) is 4.17. The number of amides is 1. The molecule has 0 atom stereocenters. The van der Waals surface area contributed by atoms with Crippen molar-refractivity contribution in [2.24, 2.45) is 7.05 Å². The minimum atomic E-state index is -0.400. The molecule has 2 aromatic rings. The smallest absolute Gasteiger partial charge is 0.399 e. The average molecular weight is 353 g/mol. The quantitative estimate of drug-likeness (QED) is 0.777. The first-order valence-electron chi connectivity index (χ1n) is 8.90. The zero-order valence-corrected chi connectivity index (χ0v) is 16.2. The first-order valence-corrected chi connectivity index (χ1v) is 8.90. The topological polar surface area (TPSA) is 56.6 Å². The monoisotopic (exact) mass is 353 g/mol. The van der Waals surface area contributed by atoms with Crippen molar-refractivity contribution in [3.63, 3.8) is 0 Å². The number of anilines is 1. The van der Waals surface area contributed by atoms with E-state index < -0.39 is 7.12 Å². The maximum Gasteiger partial charge on any atom is 0.494 e. The molecule has 6 nitrogen and oxygen atoms in total. The van der Waals surface area contributed by atoms with Crippen molar-refractivity contribution in [3.05, 3.63) is 41.2 Å². The molecule has 3 heterocycles. The van der Waals surface area contributed by atoms with Gasteiger partial charge in [0.15, 0.2) is 0 Å². The predicted octanol–water partition coefficient (Wildman–Crippen LogP) is 2.19. The predicted molar refractivity (Wildman–Crippen MR) is 101 cm³/mol. The highest BCUT2D eigenvalue weighted by atomic mass is 16.7. The normalized spacial score (nSPS) is 20.8. The molecule has 136 valence electrons. The second-order valence-corrected chi connectivity index (χ2v) is 8.17. The van der Waals surface area contributed by atoms with E-state index in [9.17, 15) is 4.79 Å². The lowest BCUT2D eigenvalue weighted by molar-refractivity contribution is 0.00578. The highest BCUT2D eigenvalue weighted by Crippen LogP contribution is 2.37. The van der Waals surface area contributed by atoms with Gasteiger partial charge in [-0.3, -0.25) is 9.48 Å². The maximum absolute atomic E-state index is 12.8. The molecular weight excluding hydrogens is 329 g/mol. The summed E-state index contributed by atoms with van der Waals surface area (Å²) in [7, 11) is 1.40. The molecule has 0 radical (unpaired) electrons. The maximum atomic E-state index is 12.8. The fourth-order valence-electron chi connectivity index (χ4n) is 3.55. The van der Waals surface area contributed by atoms with Crippen LogP contribution < -0.4 is 10.4 Å². The number of aryl methyl sites for hydroxylation is 2. The van der Waals surface area contributed by atoms with Crippen LogP contribution in [-0.2, 0) is 22.9 Å². The van der Waals surface area contributed by atoms with Crippen LogP contribution in [0.2, 0.25) is 0 Å². The van der Waals surface area contributed by atoms with Gasteiger partial charge in [-0.05, 0) is 51.7 Å². The molecule has 1 amide bonds. The van der Waals surface area contributed by atoms with Gasteiger partial charge in [-0.15, -0.1) is 0 Å². The molecule has 1 aromatic heterocycles. The molecule has 0 N–H and O–H groups in total. The molecule has 1 saturated heterocycles. The van der Waals surface area contributed by atoms with E-state index in [4.69, 9.17) is 9.31 Å². The van der Waals surface area contributed by atoms with Gasteiger partial charge in [0, 0.05) is 18.3 Å². The summed E-state index contributed by atoms with van der Waals surface area (Å²) in [5.74, 6) is -0.00789. The van der Waals surface area contributed by atoms with Crippen LogP contribution in [0.3, 0.4) is 0 Å². The lowest BCUT2D eigenvalue weighted by Gasteiger charge is -2.32. The first-order chi connectivity index (χ1) is 12.1. The standard InChI is InChI=1S/C19H24BN3O3/c1-12-9-14(20-25-18(2,3)19(4,5)26-20)7-8-15(12)23-11-13-10-21-22(6)16(13)17(23)24/h7-10H,11H2,1-6H3. The summed E-state index contributed by atoms with van der Waals surface area (Å²) in [6.07, 6.45) is 1.77. The molecule has 26 heavy (non-hydrogen) atoms. The van der Waals surface area contributed by atoms with Gasteiger partial charge in [0.2, 0.25) is 0 Å². The van der Waals surface area contributed by atoms with Gasteiger partial charge in [0.1, 0.15) is 5.69 Å². The first kappa shape index (κ1) is 17.3. The molecule has 1 fully saturated rings. The summed E-state index contributed by atoms with van der Waals surface area (Å²) >= 11 is 0. The summed E-state index contributed by atoms with van der Waals surface area (Å²) in [5.41, 5.74) is 3.79. The second-order valence-electron chi connectivity index (χ2n) is 8.17. The highest BCUT2D eigenvalue weighted by molar-refractivity contribution is 6.62. The lowest BCUT2D eigenvalue weighted by atomic mass is 9.78. The van der Waals surface area contributed by atoms with Crippen molar-refractivity contribution in [1.82, 2.24) is 9.78 Å². The molecule has 7 heteroatoms. The van der Waals surface area contributed by atoms with Crippen LogP contribution in [0.15, 0.2) is 24.4 Å². The summed E-state index contributed by atoms with van der Waals surface area (Å²) < 4.78 is 13.9. The van der Waals surface area contributed by atoms with Crippen molar-refractivity contribution in [1.29, 1.82) is 0 Å². The summed E-state index contributed by atoms with van der Waals surface area (Å²) in [6, 6.07) is 6.01. The Morgan fingerprint density at radius 1 is 1.15 bits per heavy atom. The number of nitrogens with zero attached hydrogens (tertiary/aromatic N) is 3. The van der Waals surface area contributed by atoms with E-state index in [-0.39, 0.29) is 17.1 Å². The molecule has 0 bridgehead atoms. The number of rotatable bonds is 2. The third-order valence-electron chi connectivity index (χ3n) is 5.83. The zero-order valence-electron chi connectivity index (χ0n) is 16.2. The van der Waals surface area contributed by atoms with Gasteiger partial charge < -0.3 is 14.2 Å². The Kier molecular flexibility index (Phi) is 3.62. The van der Waals surface area contributed by atoms with Crippen molar-refractivity contribution >= 4 is 24.2 Å². The molecule has 0 saturated carbocycles. The van der Waals surface area contributed by atoms with Crippen LogP contribution in [0.5, 0.6) is 0 Å². The van der Waals surface area contributed by atoms with E-state index in [0.29, 0.717) is 12.2 Å². The van der Waals surface area contributed by atoms with Gasteiger partial charge in [0.05, 0.1) is 23.9 Å². The number of aromatic nitrogens is 2. The average Bonchev–Trinajstić information content (AvgIpc) is 3.13. The van der Waals surface area contributed by atoms with Gasteiger partial charge >= 0.3 is 7.12 Å². The lowest BCUT2D eigenvalue weighted by Crippen LogP contribution is -2.41. The molecule has 0 unspecified atom stereocenters. The van der Waals surface area contributed by atoms with Gasteiger partial charge in [-0.2, -0.15) is 5.10 Å². The minimum absolute atomic E-state index is 0.00789. The van der Waals surface area contributed by atoms with Crippen LogP contribution in [-0.4, -0.2) is 34.0 Å². The highest BCUT2D eigenvalue weighted by Gasteiger charge is 2.51. The van der Waals surface area contributed by atoms with Crippen molar-refractivity contribution in [2.45, 2.75) is 52.4 Å². The largest absolute Gasteiger partial charge is 0.494 e. The van der Waals surface area contributed by atoms with E-state index in [1.165, 1.54) is 0 Å². The minimum Gasteiger partial charge on any atom is -0.399 e. The Hall–Kier alpha value is -2.12. The number of fused-ring (bicyclic) bond motifs is 1. The number of hydrogen-bond acceptors (Lipinski definition) is 4. The fourth-order valence-corrected chi connectivity index (χ4v) is 3.55. The Bertz CT molecular complexity index is 887. The molecule has 0 spiro atoms. The molecule has 4 rings (SSSR count). The van der Waals surface area contributed by atoms with E-state index in [1.54, 1.807) is 22.8 Å². The van der Waals surface area contributed by atoms with Gasteiger partial charge in [-0.25, -0.2) is 0 Å². The molecular formula is C19H24BN3O3. The Labute approximate surface area is 154 Å². The van der Waals surface area contributed by atoms with Crippen molar-refractivity contribution in [2.75, 3.05) is 4.90 Å². The van der Waals surface area contributed by atoms with Crippen LogP contribution in [0.25, 0.3) is 0 Å². The summed E-state index contributed by atoms with van der Waals surface area (Å²) in [6.45, 7) is 10.7. The third kappa shape index (κ3) is 2.41. The van der Waals surface area contributed by atoms with E-state index in [1.807, 2.05) is 52.8 Å². The molecule has 2 aliphatic rings. The van der Waals surface area contributed by atoms with E-state index in [0.717, 1.165) is 22.3 Å². The number of carbonyl (C=O) groups excluding carboxylic acids is 1.